The van der Waals surface area contributed by atoms with Crippen molar-refractivity contribution in [2.24, 2.45) is 0 Å². The number of nitrogens with one attached hydrogen (secondary N) is 3. The van der Waals surface area contributed by atoms with Crippen molar-refractivity contribution in [2.45, 2.75) is 26.6 Å². The van der Waals surface area contributed by atoms with E-state index in [2.05, 4.69) is 25.3 Å². The number of rotatable bonds is 4. The summed E-state index contributed by atoms with van der Waals surface area (Å²) in [6.07, 6.45) is 0.349. The lowest BCUT2D eigenvalue weighted by Gasteiger charge is -2.36. The van der Waals surface area contributed by atoms with Gasteiger partial charge in [0.15, 0.2) is 0 Å². The molecule has 0 bridgehead atoms. The monoisotopic (exact) mass is 559 g/mol. The van der Waals surface area contributed by atoms with Gasteiger partial charge in [-0.3, -0.25) is 14.6 Å². The molecule has 2 aromatic carbocycles. The normalized spacial score (nSPS) is 13.6. The Balaban J connectivity index is 1.32. The van der Waals surface area contributed by atoms with Crippen LogP contribution >= 0.6 is 0 Å². The van der Waals surface area contributed by atoms with Crippen LogP contribution in [0.1, 0.15) is 32.7 Å². The Bertz CT molecular complexity index is 1840. The summed E-state index contributed by atoms with van der Waals surface area (Å²) < 4.78 is 41.0. The highest BCUT2D eigenvalue weighted by atomic mass is 19.4. The largest absolute Gasteiger partial charge is 0.416 e. The number of aromatic amines is 2. The lowest BCUT2D eigenvalue weighted by molar-refractivity contribution is -0.137. The Labute approximate surface area is 232 Å². The number of fused-ring (bicyclic) bond motifs is 3. The molecule has 12 heteroatoms. The van der Waals surface area contributed by atoms with Gasteiger partial charge in [0.05, 0.1) is 17.8 Å². The Morgan fingerprint density at radius 3 is 2.59 bits per heavy atom. The topological polar surface area (TPSA) is 110 Å². The molecular formula is C29H24F3N7O2. The Kier molecular flexibility index (Phi) is 6.05. The van der Waals surface area contributed by atoms with E-state index in [-0.39, 0.29) is 35.2 Å². The number of halogens is 3. The molecule has 3 N–H and O–H groups in total. The molecule has 3 aromatic heterocycles. The third kappa shape index (κ3) is 4.66. The van der Waals surface area contributed by atoms with E-state index in [9.17, 15) is 22.8 Å². The summed E-state index contributed by atoms with van der Waals surface area (Å²) in [6, 6.07) is 9.68. The lowest BCUT2D eigenvalue weighted by Crippen LogP contribution is -2.45. The number of anilines is 3. The van der Waals surface area contributed by atoms with E-state index >= 15 is 0 Å². The molecule has 6 rings (SSSR count). The molecule has 0 unspecified atom stereocenters. The SMILES string of the molecule is Cc1cnc(-c2cc(NC(=O)c3ccc(C)c(N4Cc5cnc6[nH]ccc6c5N(C)C4=O)c3)cc(C(F)(F)F)c2)[nH]1. The summed E-state index contributed by atoms with van der Waals surface area (Å²) in [7, 11) is 1.68. The molecule has 0 spiro atoms. The third-order valence-electron chi connectivity index (χ3n) is 7.07. The summed E-state index contributed by atoms with van der Waals surface area (Å²) in [5.74, 6) is -0.373. The van der Waals surface area contributed by atoms with Crippen LogP contribution in [0.15, 0.2) is 61.1 Å². The first kappa shape index (κ1) is 26.1. The Morgan fingerprint density at radius 2 is 1.85 bits per heavy atom. The quantitative estimate of drug-likeness (QED) is 0.236. The van der Waals surface area contributed by atoms with Crippen molar-refractivity contribution < 1.29 is 22.8 Å². The van der Waals surface area contributed by atoms with Crippen molar-refractivity contribution in [1.29, 1.82) is 0 Å². The van der Waals surface area contributed by atoms with E-state index in [1.807, 2.05) is 13.0 Å². The van der Waals surface area contributed by atoms with Gasteiger partial charge in [0.25, 0.3) is 5.91 Å². The summed E-state index contributed by atoms with van der Waals surface area (Å²) in [5, 5.41) is 3.41. The van der Waals surface area contributed by atoms with Gasteiger partial charge < -0.3 is 15.3 Å². The molecule has 0 aliphatic carbocycles. The first-order chi connectivity index (χ1) is 19.5. The van der Waals surface area contributed by atoms with Gasteiger partial charge in [-0.15, -0.1) is 0 Å². The minimum absolute atomic E-state index is 0.0414. The van der Waals surface area contributed by atoms with Crippen molar-refractivity contribution >= 4 is 40.0 Å². The number of aryl methyl sites for hydroxylation is 2. The van der Waals surface area contributed by atoms with E-state index in [0.29, 0.717) is 17.0 Å². The average molecular weight is 560 g/mol. The summed E-state index contributed by atoms with van der Waals surface area (Å²) in [6.45, 7) is 3.79. The molecular weight excluding hydrogens is 535 g/mol. The van der Waals surface area contributed by atoms with Crippen LogP contribution in [0, 0.1) is 13.8 Å². The lowest BCUT2D eigenvalue weighted by atomic mass is 10.0. The maximum absolute atomic E-state index is 13.7. The van der Waals surface area contributed by atoms with E-state index in [0.717, 1.165) is 34.3 Å². The van der Waals surface area contributed by atoms with Crippen LogP contribution < -0.4 is 15.1 Å². The van der Waals surface area contributed by atoms with Gasteiger partial charge in [0, 0.05) is 64.8 Å². The molecule has 0 atom stereocenters. The molecule has 0 fully saturated rings. The highest BCUT2D eigenvalue weighted by Crippen LogP contribution is 2.37. The average Bonchev–Trinajstić information content (AvgIpc) is 3.59. The van der Waals surface area contributed by atoms with E-state index in [1.54, 1.807) is 54.4 Å². The van der Waals surface area contributed by atoms with Crippen LogP contribution in [0.25, 0.3) is 22.4 Å². The highest BCUT2D eigenvalue weighted by Gasteiger charge is 2.33. The van der Waals surface area contributed by atoms with Gasteiger partial charge in [0.2, 0.25) is 0 Å². The fourth-order valence-electron chi connectivity index (χ4n) is 5.05. The number of hydrogen-bond donors (Lipinski definition) is 3. The fourth-order valence-corrected chi connectivity index (χ4v) is 5.05. The van der Waals surface area contributed by atoms with Crippen molar-refractivity contribution in [2.75, 3.05) is 22.2 Å². The minimum atomic E-state index is -4.63. The number of alkyl halides is 3. The van der Waals surface area contributed by atoms with Crippen LogP contribution in [-0.2, 0) is 12.7 Å². The van der Waals surface area contributed by atoms with Gasteiger partial charge in [0.1, 0.15) is 11.5 Å². The van der Waals surface area contributed by atoms with Crippen LogP contribution in [-0.4, -0.2) is 38.9 Å². The number of amides is 3. The fraction of sp³-hybridized carbons (Fsp3) is 0.172. The first-order valence-electron chi connectivity index (χ1n) is 12.7. The minimum Gasteiger partial charge on any atom is -0.346 e. The second kappa shape index (κ2) is 9.51. The van der Waals surface area contributed by atoms with Gasteiger partial charge in [-0.1, -0.05) is 6.07 Å². The predicted molar refractivity (Wildman–Crippen MR) is 149 cm³/mol. The van der Waals surface area contributed by atoms with Gasteiger partial charge >= 0.3 is 12.2 Å². The van der Waals surface area contributed by atoms with E-state index < -0.39 is 17.6 Å². The van der Waals surface area contributed by atoms with E-state index in [1.165, 1.54) is 12.3 Å². The second-order valence-electron chi connectivity index (χ2n) is 9.97. The zero-order valence-corrected chi connectivity index (χ0v) is 22.2. The molecule has 1 aliphatic heterocycles. The number of imidazole rings is 1. The number of H-pyrrole nitrogens is 2. The number of hydrogen-bond acceptors (Lipinski definition) is 4. The maximum Gasteiger partial charge on any atom is 0.416 e. The third-order valence-corrected chi connectivity index (χ3v) is 7.07. The number of carbonyl (C=O) groups is 2. The number of benzene rings is 2. The van der Waals surface area contributed by atoms with E-state index in [4.69, 9.17) is 0 Å². The van der Waals surface area contributed by atoms with Gasteiger partial charge in [-0.2, -0.15) is 13.2 Å². The van der Waals surface area contributed by atoms with Crippen LogP contribution in [0.4, 0.5) is 35.0 Å². The van der Waals surface area contributed by atoms with Crippen LogP contribution in [0.5, 0.6) is 0 Å². The highest BCUT2D eigenvalue weighted by molar-refractivity contribution is 6.12. The number of carbonyl (C=O) groups excluding carboxylic acids is 2. The van der Waals surface area contributed by atoms with Gasteiger partial charge in [-0.05, 0) is 55.8 Å². The smallest absolute Gasteiger partial charge is 0.346 e. The van der Waals surface area contributed by atoms with Crippen molar-refractivity contribution in [3.8, 4) is 11.4 Å². The molecule has 0 saturated carbocycles. The summed E-state index contributed by atoms with van der Waals surface area (Å²) in [5.41, 5.74) is 3.60. The zero-order chi connectivity index (χ0) is 29.1. The molecule has 0 radical (unpaired) electrons. The molecule has 9 nitrogen and oxygen atoms in total. The van der Waals surface area contributed by atoms with Crippen molar-refractivity contribution in [3.63, 3.8) is 0 Å². The van der Waals surface area contributed by atoms with Crippen molar-refractivity contribution in [3.05, 3.63) is 89.0 Å². The molecule has 1 aliphatic rings. The van der Waals surface area contributed by atoms with Crippen LogP contribution in [0.2, 0.25) is 0 Å². The standard InChI is InChI=1S/C29H24F3N7O2/c1-15-4-5-17(10-23(15)39-14-19-13-35-26-22(6-7-33-26)24(19)38(3)28(39)41)27(40)37-21-9-18(25-34-12-16(2)36-25)8-20(11-21)29(30,31)32/h4-13H,14H2,1-3H3,(H,33,35)(H,34,36)(H,37,40). The molecule has 3 amide bonds. The second-order valence-corrected chi connectivity index (χ2v) is 9.97. The molecule has 4 heterocycles. The number of urea groups is 1. The molecule has 5 aromatic rings. The Hall–Kier alpha value is -5.13. The first-order valence-corrected chi connectivity index (χ1v) is 12.7. The number of nitrogens with zero attached hydrogens (tertiary/aromatic N) is 4. The van der Waals surface area contributed by atoms with Crippen LogP contribution in [0.3, 0.4) is 0 Å². The molecule has 0 saturated heterocycles. The predicted octanol–water partition coefficient (Wildman–Crippen LogP) is 6.42. The molecule has 208 valence electrons. The Morgan fingerprint density at radius 1 is 1.05 bits per heavy atom. The zero-order valence-electron chi connectivity index (χ0n) is 22.2. The number of aromatic nitrogens is 4. The maximum atomic E-state index is 13.7. The summed E-state index contributed by atoms with van der Waals surface area (Å²) in [4.78, 5) is 44.4. The molecule has 41 heavy (non-hydrogen) atoms. The number of pyridine rings is 1. The van der Waals surface area contributed by atoms with Crippen molar-refractivity contribution in [1.82, 2.24) is 19.9 Å². The summed E-state index contributed by atoms with van der Waals surface area (Å²) >= 11 is 0. The van der Waals surface area contributed by atoms with Gasteiger partial charge in [-0.25, -0.2) is 14.8 Å².